The number of carbonyl (C=O) groups excluding carboxylic acids is 1. The number of carbonyl (C=O) groups is 1. The third-order valence-corrected chi connectivity index (χ3v) is 4.67. The van der Waals surface area contributed by atoms with Crippen molar-refractivity contribution in [2.45, 2.75) is 12.5 Å². The summed E-state index contributed by atoms with van der Waals surface area (Å²) in [6, 6.07) is 13.6. The van der Waals surface area contributed by atoms with Crippen LogP contribution in [0.2, 0.25) is 5.02 Å². The molecule has 0 bridgehead atoms. The average Bonchev–Trinajstić information content (AvgIpc) is 3.23. The number of benzene rings is 2. The zero-order valence-corrected chi connectivity index (χ0v) is 14.0. The van der Waals surface area contributed by atoms with Crippen molar-refractivity contribution in [2.24, 2.45) is 0 Å². The molecule has 1 aliphatic rings. The number of aromatic nitrogens is 2. The minimum atomic E-state index is -0.325. The Kier molecular flexibility index (Phi) is 4.01. The molecule has 126 valence electrons. The highest BCUT2D eigenvalue weighted by Crippen LogP contribution is 2.32. The minimum Gasteiger partial charge on any atom is -0.326 e. The summed E-state index contributed by atoms with van der Waals surface area (Å²) in [6.45, 7) is 0.512. The lowest BCUT2D eigenvalue weighted by atomic mass is 10.1. The number of anilines is 1. The van der Waals surface area contributed by atoms with Crippen molar-refractivity contribution in [3.8, 4) is 11.4 Å². The van der Waals surface area contributed by atoms with Crippen LogP contribution in [0.4, 0.5) is 10.1 Å². The Morgan fingerprint density at radius 2 is 1.88 bits per heavy atom. The number of nitrogens with zero attached hydrogens (tertiary/aromatic N) is 3. The molecule has 2 heterocycles. The van der Waals surface area contributed by atoms with Gasteiger partial charge in [0, 0.05) is 36.1 Å². The summed E-state index contributed by atoms with van der Waals surface area (Å²) in [4.78, 5) is 18.5. The molecule has 3 aromatic rings. The molecule has 0 radical (unpaired) electrons. The highest BCUT2D eigenvalue weighted by Gasteiger charge is 2.33. The van der Waals surface area contributed by atoms with Crippen molar-refractivity contribution in [2.75, 3.05) is 11.4 Å². The summed E-state index contributed by atoms with van der Waals surface area (Å²) in [5, 5.41) is 0.628. The van der Waals surface area contributed by atoms with E-state index in [9.17, 15) is 9.18 Å². The molecule has 4 rings (SSSR count). The molecule has 6 heteroatoms. The lowest BCUT2D eigenvalue weighted by Gasteiger charge is -2.18. The molecule has 1 unspecified atom stereocenters. The van der Waals surface area contributed by atoms with E-state index in [1.165, 1.54) is 6.07 Å². The van der Waals surface area contributed by atoms with Crippen LogP contribution in [0.1, 0.15) is 12.5 Å². The van der Waals surface area contributed by atoms with Crippen LogP contribution in [-0.4, -0.2) is 22.0 Å². The fourth-order valence-corrected chi connectivity index (χ4v) is 3.33. The van der Waals surface area contributed by atoms with Gasteiger partial charge < -0.3 is 9.47 Å². The topological polar surface area (TPSA) is 38.1 Å². The highest BCUT2D eigenvalue weighted by molar-refractivity contribution is 6.30. The smallest absolute Gasteiger partial charge is 0.229 e. The molecule has 0 spiro atoms. The van der Waals surface area contributed by atoms with E-state index in [1.807, 2.05) is 16.7 Å². The van der Waals surface area contributed by atoms with Crippen LogP contribution in [0.5, 0.6) is 0 Å². The van der Waals surface area contributed by atoms with Gasteiger partial charge in [-0.3, -0.25) is 4.79 Å². The SMILES string of the molecule is O=C1CC(n2ccnc2-c2ccccc2F)CN1c1ccc(Cl)cc1. The second kappa shape index (κ2) is 6.33. The number of amides is 1. The zero-order valence-electron chi connectivity index (χ0n) is 13.3. The molecular formula is C19H15ClFN3O. The van der Waals surface area contributed by atoms with Crippen molar-refractivity contribution in [1.29, 1.82) is 0 Å². The van der Waals surface area contributed by atoms with Crippen molar-refractivity contribution in [1.82, 2.24) is 9.55 Å². The molecule has 0 aliphatic carbocycles. The number of hydrogen-bond donors (Lipinski definition) is 0. The minimum absolute atomic E-state index is 0.0282. The average molecular weight is 356 g/mol. The van der Waals surface area contributed by atoms with Crippen LogP contribution in [0.25, 0.3) is 11.4 Å². The lowest BCUT2D eigenvalue weighted by Crippen LogP contribution is -2.24. The van der Waals surface area contributed by atoms with Gasteiger partial charge in [-0.1, -0.05) is 23.7 Å². The summed E-state index contributed by atoms with van der Waals surface area (Å²) in [7, 11) is 0. The van der Waals surface area contributed by atoms with E-state index in [1.54, 1.807) is 47.6 Å². The van der Waals surface area contributed by atoms with Crippen molar-refractivity contribution in [3.63, 3.8) is 0 Å². The van der Waals surface area contributed by atoms with E-state index in [2.05, 4.69) is 4.98 Å². The van der Waals surface area contributed by atoms with E-state index in [0.29, 0.717) is 29.4 Å². The molecule has 1 fully saturated rings. The third kappa shape index (κ3) is 2.91. The van der Waals surface area contributed by atoms with Gasteiger partial charge in [0.15, 0.2) is 0 Å². The van der Waals surface area contributed by atoms with Gasteiger partial charge in [-0.05, 0) is 36.4 Å². The zero-order chi connectivity index (χ0) is 17.4. The summed E-state index contributed by atoms with van der Waals surface area (Å²) in [6.07, 6.45) is 3.78. The van der Waals surface area contributed by atoms with Crippen LogP contribution in [0.3, 0.4) is 0 Å². The molecule has 4 nitrogen and oxygen atoms in total. The molecule has 2 aromatic carbocycles. The van der Waals surface area contributed by atoms with Crippen LogP contribution < -0.4 is 4.90 Å². The maximum absolute atomic E-state index is 14.1. The first-order chi connectivity index (χ1) is 12.1. The second-order valence-electron chi connectivity index (χ2n) is 5.98. The fraction of sp³-hybridized carbons (Fsp3) is 0.158. The molecule has 0 saturated carbocycles. The van der Waals surface area contributed by atoms with Crippen molar-refractivity contribution < 1.29 is 9.18 Å². The Balaban J connectivity index is 1.65. The quantitative estimate of drug-likeness (QED) is 0.701. The van der Waals surface area contributed by atoms with Gasteiger partial charge in [0.05, 0.1) is 11.6 Å². The number of hydrogen-bond acceptors (Lipinski definition) is 2. The van der Waals surface area contributed by atoms with Gasteiger partial charge in [0.1, 0.15) is 11.6 Å². The van der Waals surface area contributed by atoms with Gasteiger partial charge in [-0.25, -0.2) is 9.37 Å². The predicted octanol–water partition coefficient (Wildman–Crippen LogP) is 4.32. The first kappa shape index (κ1) is 15.8. The second-order valence-corrected chi connectivity index (χ2v) is 6.41. The standard InChI is InChI=1S/C19H15ClFN3O/c20-13-5-7-14(8-6-13)24-12-15(11-18(24)25)23-10-9-22-19(23)16-3-1-2-4-17(16)21/h1-10,15H,11-12H2. The van der Waals surface area contributed by atoms with E-state index in [4.69, 9.17) is 11.6 Å². The lowest BCUT2D eigenvalue weighted by molar-refractivity contribution is -0.117. The van der Waals surface area contributed by atoms with Crippen LogP contribution >= 0.6 is 11.6 Å². The Bertz CT molecular complexity index is 922. The monoisotopic (exact) mass is 355 g/mol. The largest absolute Gasteiger partial charge is 0.326 e. The first-order valence-electron chi connectivity index (χ1n) is 7.97. The molecule has 1 atom stereocenters. The van der Waals surface area contributed by atoms with Gasteiger partial charge in [-0.15, -0.1) is 0 Å². The van der Waals surface area contributed by atoms with Gasteiger partial charge in [0.25, 0.3) is 0 Å². The molecule has 0 N–H and O–H groups in total. The van der Waals surface area contributed by atoms with Crippen LogP contribution in [0.15, 0.2) is 60.9 Å². The Morgan fingerprint density at radius 1 is 1.12 bits per heavy atom. The van der Waals surface area contributed by atoms with Gasteiger partial charge in [0.2, 0.25) is 5.91 Å². The number of imidazole rings is 1. The summed E-state index contributed by atoms with van der Waals surface area (Å²) >= 11 is 5.92. The Labute approximate surface area is 149 Å². The van der Waals surface area contributed by atoms with Crippen LogP contribution in [0, 0.1) is 5.82 Å². The molecule has 1 aromatic heterocycles. The number of halogens is 2. The van der Waals surface area contributed by atoms with Crippen LogP contribution in [-0.2, 0) is 4.79 Å². The fourth-order valence-electron chi connectivity index (χ4n) is 3.20. The van der Waals surface area contributed by atoms with E-state index >= 15 is 0 Å². The van der Waals surface area contributed by atoms with Gasteiger partial charge >= 0.3 is 0 Å². The Morgan fingerprint density at radius 3 is 2.64 bits per heavy atom. The highest BCUT2D eigenvalue weighted by atomic mass is 35.5. The number of rotatable bonds is 3. The van der Waals surface area contributed by atoms with E-state index in [-0.39, 0.29) is 17.8 Å². The Hall–Kier alpha value is -2.66. The summed E-state index contributed by atoms with van der Waals surface area (Å²) in [5.74, 6) is 0.239. The summed E-state index contributed by atoms with van der Waals surface area (Å²) < 4.78 is 16.0. The summed E-state index contributed by atoms with van der Waals surface area (Å²) in [5.41, 5.74) is 1.24. The molecular weight excluding hydrogens is 341 g/mol. The maximum Gasteiger partial charge on any atom is 0.229 e. The normalized spacial score (nSPS) is 17.3. The molecule has 1 aliphatic heterocycles. The first-order valence-corrected chi connectivity index (χ1v) is 8.35. The molecule has 1 amide bonds. The maximum atomic E-state index is 14.1. The molecule has 25 heavy (non-hydrogen) atoms. The molecule has 1 saturated heterocycles. The van der Waals surface area contributed by atoms with Crippen molar-refractivity contribution >= 4 is 23.2 Å². The van der Waals surface area contributed by atoms with Crippen molar-refractivity contribution in [3.05, 3.63) is 71.8 Å². The van der Waals surface area contributed by atoms with E-state index in [0.717, 1.165) is 5.69 Å². The van der Waals surface area contributed by atoms with Gasteiger partial charge in [-0.2, -0.15) is 0 Å². The third-order valence-electron chi connectivity index (χ3n) is 4.42. The predicted molar refractivity (Wildman–Crippen MR) is 95.1 cm³/mol. The van der Waals surface area contributed by atoms with E-state index < -0.39 is 0 Å².